The highest BCUT2D eigenvalue weighted by atomic mass is 31.2. The van der Waals surface area contributed by atoms with Crippen LogP contribution in [0.4, 0.5) is 0 Å². The van der Waals surface area contributed by atoms with E-state index in [0.29, 0.717) is 6.42 Å². The molecule has 226 valence electrons. The number of rotatable bonds is 28. The van der Waals surface area contributed by atoms with Crippen LogP contribution >= 0.6 is 7.82 Å². The average molecular weight is 565 g/mol. The van der Waals surface area contributed by atoms with Crippen molar-refractivity contribution in [1.82, 2.24) is 0 Å². The monoisotopic (exact) mass is 564 g/mol. The van der Waals surface area contributed by atoms with E-state index in [1.54, 1.807) is 0 Å². The van der Waals surface area contributed by atoms with Crippen LogP contribution in [-0.2, 0) is 28.2 Å². The summed E-state index contributed by atoms with van der Waals surface area (Å²) in [4.78, 5) is 42.2. The number of unbranched alkanes of at least 4 members (excludes halogenated alkanes) is 18. The first-order valence-corrected chi connectivity index (χ1v) is 16.9. The molecule has 0 aromatic rings. The van der Waals surface area contributed by atoms with Crippen LogP contribution in [0.3, 0.4) is 0 Å². The van der Waals surface area contributed by atoms with Gasteiger partial charge in [0, 0.05) is 12.8 Å². The van der Waals surface area contributed by atoms with E-state index in [-0.39, 0.29) is 19.4 Å². The van der Waals surface area contributed by atoms with Crippen LogP contribution in [0.2, 0.25) is 0 Å². The molecule has 1 atom stereocenters. The minimum absolute atomic E-state index is 0.218. The first kappa shape index (κ1) is 37.0. The molecule has 8 nitrogen and oxygen atoms in total. The van der Waals surface area contributed by atoms with Crippen molar-refractivity contribution in [3.63, 3.8) is 0 Å². The standard InChI is InChI=1S/C29H57O8P/c1-3-5-7-9-11-13-14-15-16-18-20-22-24-29(31)37-27(26-36-38(32,33)34)25-35-28(30)23-21-19-17-12-10-8-6-4-2/h27H,3-26H2,1-2H3,(H2,32,33,34)/t27-/m1/s1. The minimum Gasteiger partial charge on any atom is -0.462 e. The number of phosphoric acid groups is 1. The van der Waals surface area contributed by atoms with Gasteiger partial charge in [-0.3, -0.25) is 14.1 Å². The Bertz CT molecular complexity index is 607. The zero-order valence-electron chi connectivity index (χ0n) is 24.3. The highest BCUT2D eigenvalue weighted by Gasteiger charge is 2.22. The maximum absolute atomic E-state index is 12.2. The fourth-order valence-electron chi connectivity index (χ4n) is 4.31. The molecule has 0 aliphatic carbocycles. The van der Waals surface area contributed by atoms with E-state index < -0.39 is 32.5 Å². The first-order valence-electron chi connectivity index (χ1n) is 15.3. The number of hydrogen-bond acceptors (Lipinski definition) is 6. The van der Waals surface area contributed by atoms with Gasteiger partial charge in [0.1, 0.15) is 6.61 Å². The van der Waals surface area contributed by atoms with Crippen LogP contribution < -0.4 is 0 Å². The molecule has 38 heavy (non-hydrogen) atoms. The van der Waals surface area contributed by atoms with Gasteiger partial charge in [0.25, 0.3) is 0 Å². The van der Waals surface area contributed by atoms with Gasteiger partial charge < -0.3 is 19.3 Å². The molecular weight excluding hydrogens is 507 g/mol. The van der Waals surface area contributed by atoms with E-state index in [1.807, 2.05) is 0 Å². The van der Waals surface area contributed by atoms with Crippen molar-refractivity contribution < 1.29 is 37.9 Å². The summed E-state index contributed by atoms with van der Waals surface area (Å²) in [7, 11) is -4.73. The molecule has 0 amide bonds. The molecular formula is C29H57O8P. The van der Waals surface area contributed by atoms with E-state index in [0.717, 1.165) is 38.5 Å². The lowest BCUT2D eigenvalue weighted by Gasteiger charge is -2.18. The van der Waals surface area contributed by atoms with Crippen molar-refractivity contribution in [3.8, 4) is 0 Å². The van der Waals surface area contributed by atoms with Gasteiger partial charge in [-0.1, -0.05) is 129 Å². The second kappa shape index (κ2) is 26.3. The van der Waals surface area contributed by atoms with Gasteiger partial charge in [-0.05, 0) is 12.8 Å². The molecule has 2 N–H and O–H groups in total. The molecule has 0 rings (SSSR count). The Morgan fingerprint density at radius 3 is 1.34 bits per heavy atom. The first-order chi connectivity index (χ1) is 18.3. The topological polar surface area (TPSA) is 119 Å². The summed E-state index contributed by atoms with van der Waals surface area (Å²) < 4.78 is 26.1. The summed E-state index contributed by atoms with van der Waals surface area (Å²) in [5.41, 5.74) is 0. The van der Waals surface area contributed by atoms with Crippen LogP contribution in [0.1, 0.15) is 155 Å². The van der Waals surface area contributed by atoms with Gasteiger partial charge in [0.05, 0.1) is 6.61 Å². The van der Waals surface area contributed by atoms with Crippen molar-refractivity contribution in [1.29, 1.82) is 0 Å². The molecule has 0 radical (unpaired) electrons. The molecule has 0 saturated carbocycles. The SMILES string of the molecule is CCCCCCCCCCCCCCC(=O)O[C@H](COC(=O)CCCCCCCCCC)COP(=O)(O)O. The summed E-state index contributed by atoms with van der Waals surface area (Å²) in [6.45, 7) is 3.62. The third-order valence-electron chi connectivity index (χ3n) is 6.63. The molecule has 0 bridgehead atoms. The van der Waals surface area contributed by atoms with E-state index in [9.17, 15) is 14.2 Å². The average Bonchev–Trinajstić information content (AvgIpc) is 2.87. The van der Waals surface area contributed by atoms with Gasteiger partial charge in [-0.15, -0.1) is 0 Å². The Morgan fingerprint density at radius 2 is 0.947 bits per heavy atom. The fourth-order valence-corrected chi connectivity index (χ4v) is 4.67. The molecule has 0 aliphatic rings. The molecule has 0 heterocycles. The zero-order valence-corrected chi connectivity index (χ0v) is 25.2. The smallest absolute Gasteiger partial charge is 0.462 e. The molecule has 0 fully saturated rings. The lowest BCUT2D eigenvalue weighted by Crippen LogP contribution is -2.29. The Labute approximate surface area is 232 Å². The summed E-state index contributed by atoms with van der Waals surface area (Å²) in [6.07, 6.45) is 22.7. The van der Waals surface area contributed by atoms with E-state index >= 15 is 0 Å². The number of ether oxygens (including phenoxy) is 2. The number of carbonyl (C=O) groups excluding carboxylic acids is 2. The minimum atomic E-state index is -4.73. The second-order valence-electron chi connectivity index (χ2n) is 10.4. The van der Waals surface area contributed by atoms with Crippen LogP contribution in [0.15, 0.2) is 0 Å². The predicted octanol–water partition coefficient (Wildman–Crippen LogP) is 8.17. The van der Waals surface area contributed by atoms with Crippen LogP contribution in [-0.4, -0.2) is 41.0 Å². The maximum atomic E-state index is 12.2. The van der Waals surface area contributed by atoms with Gasteiger partial charge in [0.2, 0.25) is 0 Å². The van der Waals surface area contributed by atoms with Crippen LogP contribution in [0, 0.1) is 0 Å². The van der Waals surface area contributed by atoms with Crippen LogP contribution in [0.5, 0.6) is 0 Å². The number of hydrogen-bond donors (Lipinski definition) is 2. The summed E-state index contributed by atoms with van der Waals surface area (Å²) in [6, 6.07) is 0. The van der Waals surface area contributed by atoms with Crippen molar-refractivity contribution in [2.75, 3.05) is 13.2 Å². The third kappa shape index (κ3) is 28.1. The van der Waals surface area contributed by atoms with Crippen molar-refractivity contribution in [3.05, 3.63) is 0 Å². The highest BCUT2D eigenvalue weighted by molar-refractivity contribution is 7.46. The second-order valence-corrected chi connectivity index (χ2v) is 11.7. The lowest BCUT2D eigenvalue weighted by atomic mass is 10.0. The highest BCUT2D eigenvalue weighted by Crippen LogP contribution is 2.35. The Morgan fingerprint density at radius 1 is 0.579 bits per heavy atom. The van der Waals surface area contributed by atoms with Crippen molar-refractivity contribution >= 4 is 19.8 Å². The molecule has 0 spiro atoms. The summed E-state index contributed by atoms with van der Waals surface area (Å²) in [5, 5.41) is 0. The Kier molecular flexibility index (Phi) is 25.6. The van der Waals surface area contributed by atoms with Crippen LogP contribution in [0.25, 0.3) is 0 Å². The van der Waals surface area contributed by atoms with E-state index in [2.05, 4.69) is 18.4 Å². The molecule has 0 saturated heterocycles. The fraction of sp³-hybridized carbons (Fsp3) is 0.931. The summed E-state index contributed by atoms with van der Waals surface area (Å²) >= 11 is 0. The molecule has 0 aromatic heterocycles. The van der Waals surface area contributed by atoms with Crippen molar-refractivity contribution in [2.24, 2.45) is 0 Å². The largest absolute Gasteiger partial charge is 0.469 e. The Balaban J connectivity index is 4.03. The quantitative estimate of drug-likeness (QED) is 0.0555. The number of carbonyl (C=O) groups is 2. The van der Waals surface area contributed by atoms with Gasteiger partial charge in [-0.25, -0.2) is 4.57 Å². The lowest BCUT2D eigenvalue weighted by molar-refractivity contribution is -0.161. The summed E-state index contributed by atoms with van der Waals surface area (Å²) in [5.74, 6) is -0.885. The third-order valence-corrected chi connectivity index (χ3v) is 7.11. The van der Waals surface area contributed by atoms with E-state index in [4.69, 9.17) is 19.3 Å². The Hall–Kier alpha value is -0.950. The van der Waals surface area contributed by atoms with Gasteiger partial charge in [-0.2, -0.15) is 0 Å². The maximum Gasteiger partial charge on any atom is 0.469 e. The normalized spacial score (nSPS) is 12.4. The molecule has 9 heteroatoms. The predicted molar refractivity (Wildman–Crippen MR) is 152 cm³/mol. The molecule has 0 aliphatic heterocycles. The van der Waals surface area contributed by atoms with E-state index in [1.165, 1.54) is 83.5 Å². The molecule has 0 unspecified atom stereocenters. The van der Waals surface area contributed by atoms with Crippen molar-refractivity contribution in [2.45, 2.75) is 161 Å². The van der Waals surface area contributed by atoms with Gasteiger partial charge in [0.15, 0.2) is 6.10 Å². The zero-order chi connectivity index (χ0) is 28.3. The number of phosphoric ester groups is 1. The van der Waals surface area contributed by atoms with Gasteiger partial charge >= 0.3 is 19.8 Å². The number of esters is 2. The molecule has 0 aromatic carbocycles.